The summed E-state index contributed by atoms with van der Waals surface area (Å²) in [6.45, 7) is 1.31. The summed E-state index contributed by atoms with van der Waals surface area (Å²) in [5.74, 6) is 0.909. The Morgan fingerprint density at radius 3 is 2.71 bits per heavy atom. The van der Waals surface area contributed by atoms with E-state index < -0.39 is 6.09 Å². The largest absolute Gasteiger partial charge is 0.465 e. The van der Waals surface area contributed by atoms with E-state index in [2.05, 4.69) is 15.1 Å². The Hall–Kier alpha value is -2.50. The second-order valence-corrected chi connectivity index (χ2v) is 5.64. The Labute approximate surface area is 122 Å². The van der Waals surface area contributed by atoms with Crippen LogP contribution in [0, 0.1) is 0 Å². The molecule has 2 atom stereocenters. The second kappa shape index (κ2) is 4.51. The molecule has 2 aliphatic rings. The summed E-state index contributed by atoms with van der Waals surface area (Å²) < 4.78 is 0. The number of amides is 1. The van der Waals surface area contributed by atoms with Crippen molar-refractivity contribution in [2.24, 2.45) is 0 Å². The quantitative estimate of drug-likeness (QED) is 0.885. The normalized spacial score (nSPS) is 23.8. The van der Waals surface area contributed by atoms with Crippen molar-refractivity contribution in [1.82, 2.24) is 15.1 Å². The molecule has 0 spiro atoms. The van der Waals surface area contributed by atoms with Gasteiger partial charge in [0.1, 0.15) is 0 Å². The summed E-state index contributed by atoms with van der Waals surface area (Å²) >= 11 is 0. The third-order valence-electron chi connectivity index (χ3n) is 4.43. The molecular formula is C15H16N4O2. The molecule has 6 heteroatoms. The van der Waals surface area contributed by atoms with Crippen molar-refractivity contribution in [3.63, 3.8) is 0 Å². The maximum absolute atomic E-state index is 11.1. The Kier molecular flexibility index (Phi) is 2.63. The number of benzene rings is 1. The third-order valence-corrected chi connectivity index (χ3v) is 4.43. The van der Waals surface area contributed by atoms with Crippen LogP contribution < -0.4 is 4.90 Å². The molecule has 0 aliphatic carbocycles. The van der Waals surface area contributed by atoms with Gasteiger partial charge in [0.2, 0.25) is 0 Å². The van der Waals surface area contributed by atoms with Crippen LogP contribution >= 0.6 is 0 Å². The number of H-pyrrole nitrogens is 1. The van der Waals surface area contributed by atoms with Gasteiger partial charge in [-0.15, -0.1) is 0 Å². The van der Waals surface area contributed by atoms with Gasteiger partial charge in [0, 0.05) is 19.2 Å². The van der Waals surface area contributed by atoms with Crippen LogP contribution in [0.15, 0.2) is 36.4 Å². The maximum Gasteiger partial charge on any atom is 0.407 e. The number of rotatable bonds is 2. The summed E-state index contributed by atoms with van der Waals surface area (Å²) in [5, 5.41) is 16.6. The van der Waals surface area contributed by atoms with Crippen LogP contribution in [0.1, 0.15) is 6.42 Å². The van der Waals surface area contributed by atoms with Crippen LogP contribution in [-0.4, -0.2) is 51.5 Å². The minimum atomic E-state index is -0.811. The highest BCUT2D eigenvalue weighted by Crippen LogP contribution is 2.34. The highest BCUT2D eigenvalue weighted by molar-refractivity contribution is 5.68. The summed E-state index contributed by atoms with van der Waals surface area (Å²) in [6.07, 6.45) is 0.0916. The van der Waals surface area contributed by atoms with Gasteiger partial charge in [-0.3, -0.25) is 5.10 Å². The molecule has 1 aromatic carbocycles. The molecule has 2 unspecified atom stereocenters. The van der Waals surface area contributed by atoms with Gasteiger partial charge < -0.3 is 14.9 Å². The Bertz CT molecular complexity index is 669. The molecule has 0 radical (unpaired) electrons. The van der Waals surface area contributed by atoms with E-state index in [1.807, 2.05) is 36.4 Å². The lowest BCUT2D eigenvalue weighted by Crippen LogP contribution is -2.48. The summed E-state index contributed by atoms with van der Waals surface area (Å²) in [6, 6.07) is 12.5. The number of piperazine rings is 1. The van der Waals surface area contributed by atoms with Gasteiger partial charge >= 0.3 is 6.09 Å². The molecule has 0 saturated carbocycles. The van der Waals surface area contributed by atoms with Crippen molar-refractivity contribution >= 4 is 11.9 Å². The number of hydrogen-bond acceptors (Lipinski definition) is 3. The van der Waals surface area contributed by atoms with Gasteiger partial charge in [0.15, 0.2) is 5.82 Å². The second-order valence-electron chi connectivity index (χ2n) is 5.64. The molecule has 2 aliphatic heterocycles. The fraction of sp³-hybridized carbons (Fsp3) is 0.333. The fourth-order valence-electron chi connectivity index (χ4n) is 3.41. The summed E-state index contributed by atoms with van der Waals surface area (Å²) in [7, 11) is 0. The number of nitrogens with one attached hydrogen (secondary N) is 1. The number of carbonyl (C=O) groups is 1. The van der Waals surface area contributed by atoms with E-state index in [9.17, 15) is 4.79 Å². The first kappa shape index (κ1) is 12.3. The van der Waals surface area contributed by atoms with Crippen molar-refractivity contribution in [2.45, 2.75) is 18.5 Å². The van der Waals surface area contributed by atoms with Crippen LogP contribution in [0.5, 0.6) is 0 Å². The smallest absolute Gasteiger partial charge is 0.407 e. The van der Waals surface area contributed by atoms with E-state index in [4.69, 9.17) is 5.11 Å². The van der Waals surface area contributed by atoms with Gasteiger partial charge in [0.05, 0.1) is 17.8 Å². The van der Waals surface area contributed by atoms with Gasteiger partial charge in [-0.2, -0.15) is 5.10 Å². The molecule has 2 fully saturated rings. The van der Waals surface area contributed by atoms with Crippen LogP contribution in [0.3, 0.4) is 0 Å². The highest BCUT2D eigenvalue weighted by atomic mass is 16.4. The molecule has 2 N–H and O–H groups in total. The minimum Gasteiger partial charge on any atom is -0.465 e. The summed E-state index contributed by atoms with van der Waals surface area (Å²) in [5.41, 5.74) is 2.09. The minimum absolute atomic E-state index is 0.101. The maximum atomic E-state index is 11.1. The number of likely N-dealkylation sites (tertiary alicyclic amines) is 1. The van der Waals surface area contributed by atoms with Gasteiger partial charge in [0.25, 0.3) is 0 Å². The summed E-state index contributed by atoms with van der Waals surface area (Å²) in [4.78, 5) is 14.9. The zero-order valence-electron chi connectivity index (χ0n) is 11.4. The number of aromatic amines is 1. The van der Waals surface area contributed by atoms with Crippen LogP contribution in [0.25, 0.3) is 11.3 Å². The van der Waals surface area contributed by atoms with E-state index in [1.54, 1.807) is 4.90 Å². The van der Waals surface area contributed by atoms with Crippen molar-refractivity contribution in [2.75, 3.05) is 18.0 Å². The molecule has 108 valence electrons. The monoisotopic (exact) mass is 284 g/mol. The van der Waals surface area contributed by atoms with Gasteiger partial charge in [-0.25, -0.2) is 4.79 Å². The predicted molar refractivity (Wildman–Crippen MR) is 78.3 cm³/mol. The zero-order valence-corrected chi connectivity index (χ0v) is 11.4. The van der Waals surface area contributed by atoms with E-state index in [0.29, 0.717) is 6.54 Å². The number of carboxylic acid groups (broad SMARTS) is 1. The van der Waals surface area contributed by atoms with Crippen molar-refractivity contribution in [1.29, 1.82) is 0 Å². The Morgan fingerprint density at radius 2 is 2.05 bits per heavy atom. The topological polar surface area (TPSA) is 72.5 Å². The molecule has 21 heavy (non-hydrogen) atoms. The lowest BCUT2D eigenvalue weighted by atomic mass is 10.1. The molecular weight excluding hydrogens is 268 g/mol. The number of anilines is 1. The number of aromatic nitrogens is 2. The lowest BCUT2D eigenvalue weighted by molar-refractivity contribution is 0.137. The molecule has 2 bridgehead atoms. The van der Waals surface area contributed by atoms with E-state index in [-0.39, 0.29) is 12.1 Å². The molecule has 4 rings (SSSR count). The molecule has 2 saturated heterocycles. The lowest BCUT2D eigenvalue weighted by Gasteiger charge is -2.32. The van der Waals surface area contributed by atoms with Gasteiger partial charge in [-0.05, 0) is 12.0 Å². The highest BCUT2D eigenvalue weighted by Gasteiger charge is 2.46. The number of fused-ring (bicyclic) bond motifs is 2. The first-order chi connectivity index (χ1) is 10.2. The number of nitrogens with zero attached hydrogens (tertiary/aromatic N) is 3. The van der Waals surface area contributed by atoms with Crippen molar-refractivity contribution < 1.29 is 9.90 Å². The molecule has 6 nitrogen and oxygen atoms in total. The van der Waals surface area contributed by atoms with E-state index in [0.717, 1.165) is 30.0 Å². The van der Waals surface area contributed by atoms with Crippen LogP contribution in [-0.2, 0) is 0 Å². The number of hydrogen-bond donors (Lipinski definition) is 2. The third kappa shape index (κ3) is 1.94. The van der Waals surface area contributed by atoms with Crippen LogP contribution in [0.4, 0.5) is 10.6 Å². The fourth-order valence-corrected chi connectivity index (χ4v) is 3.41. The van der Waals surface area contributed by atoms with Crippen LogP contribution in [0.2, 0.25) is 0 Å². The van der Waals surface area contributed by atoms with Gasteiger partial charge in [-0.1, -0.05) is 30.3 Å². The molecule has 1 amide bonds. The SMILES string of the molecule is O=C(O)N1CC2CC1CN2c1cc(-c2ccccc2)[nH]n1. The first-order valence-electron chi connectivity index (χ1n) is 7.09. The molecule has 2 aromatic rings. The molecule has 3 heterocycles. The van der Waals surface area contributed by atoms with E-state index >= 15 is 0 Å². The van der Waals surface area contributed by atoms with E-state index in [1.165, 1.54) is 0 Å². The Balaban J connectivity index is 1.55. The van der Waals surface area contributed by atoms with Crippen molar-refractivity contribution in [3.8, 4) is 11.3 Å². The molecule has 1 aromatic heterocycles. The standard InChI is InChI=1S/C15H16N4O2/c20-15(21)19-9-11-6-12(19)8-18(11)14-7-13(16-17-14)10-4-2-1-3-5-10/h1-5,7,11-12H,6,8-9H2,(H,16,17)(H,20,21). The average Bonchev–Trinajstić information content (AvgIpc) is 3.22. The average molecular weight is 284 g/mol. The van der Waals surface area contributed by atoms with Crippen molar-refractivity contribution in [3.05, 3.63) is 36.4 Å². The first-order valence-corrected chi connectivity index (χ1v) is 7.09. The zero-order chi connectivity index (χ0) is 14.4. The predicted octanol–water partition coefficient (Wildman–Crippen LogP) is 2.02. The Morgan fingerprint density at radius 1 is 1.24 bits per heavy atom.